The Kier molecular flexibility index (Phi) is 9.87. The molecular formula is C42H48N2O9. The van der Waals surface area contributed by atoms with Gasteiger partial charge in [0.15, 0.2) is 46.0 Å². The Hall–Kier alpha value is -5.42. The first-order chi connectivity index (χ1) is 25.7. The van der Waals surface area contributed by atoms with Gasteiger partial charge in [-0.05, 0) is 84.6 Å². The molecule has 2 aliphatic rings. The molecule has 2 aliphatic heterocycles. The van der Waals surface area contributed by atoms with Crippen molar-refractivity contribution >= 4 is 27.2 Å². The minimum absolute atomic E-state index is 0.0288. The molecule has 0 bridgehead atoms. The van der Waals surface area contributed by atoms with E-state index in [1.165, 1.54) is 11.1 Å². The van der Waals surface area contributed by atoms with E-state index in [0.717, 1.165) is 70.0 Å². The van der Waals surface area contributed by atoms with E-state index >= 15 is 0 Å². The lowest BCUT2D eigenvalue weighted by atomic mass is 9.88. The highest BCUT2D eigenvalue weighted by Crippen LogP contribution is 2.55. The molecule has 0 saturated carbocycles. The molecular weight excluding hydrogens is 676 g/mol. The van der Waals surface area contributed by atoms with E-state index in [2.05, 4.69) is 42.1 Å². The fraction of sp³-hybridized carbons (Fsp3) is 0.381. The van der Waals surface area contributed by atoms with Crippen LogP contribution < -0.4 is 47.5 Å². The Bertz CT molecular complexity index is 2200. The van der Waals surface area contributed by atoms with Gasteiger partial charge >= 0.3 is 0 Å². The van der Waals surface area contributed by atoms with Crippen molar-refractivity contribution in [1.82, 2.24) is 4.90 Å². The van der Waals surface area contributed by atoms with Crippen LogP contribution in [0.1, 0.15) is 28.3 Å². The first kappa shape index (κ1) is 36.0. The van der Waals surface area contributed by atoms with Crippen LogP contribution in [0, 0.1) is 0 Å². The lowest BCUT2D eigenvalue weighted by Gasteiger charge is -2.35. The molecule has 1 atom stereocenters. The maximum absolute atomic E-state index is 6.96. The second-order valence-electron chi connectivity index (χ2n) is 13.4. The molecule has 0 unspecified atom stereocenters. The van der Waals surface area contributed by atoms with E-state index in [0.29, 0.717) is 58.2 Å². The molecule has 280 valence electrons. The molecule has 0 aromatic heterocycles. The van der Waals surface area contributed by atoms with E-state index in [1.807, 2.05) is 24.3 Å². The molecule has 0 saturated heterocycles. The summed E-state index contributed by atoms with van der Waals surface area (Å²) in [6.45, 7) is 1.71. The summed E-state index contributed by atoms with van der Waals surface area (Å²) in [6.07, 6.45) is 2.33. The minimum Gasteiger partial charge on any atom is -0.493 e. The Labute approximate surface area is 310 Å². The third kappa shape index (κ3) is 5.87. The van der Waals surface area contributed by atoms with Crippen molar-refractivity contribution in [2.24, 2.45) is 0 Å². The van der Waals surface area contributed by atoms with Crippen molar-refractivity contribution in [3.8, 4) is 57.5 Å². The Morgan fingerprint density at radius 1 is 0.566 bits per heavy atom. The fourth-order valence-electron chi connectivity index (χ4n) is 8.13. The molecule has 0 radical (unpaired) electrons. The SMILES string of the molecule is COc1cc2c(cc1OC)[C@H](Cc1ccc(OC)c(OC)c1Oc1cc3cc4c5c(c(OC)c(OC)c(OC)c5c3cc1OC)CCN4C)N(C)CC2. The van der Waals surface area contributed by atoms with Crippen molar-refractivity contribution < 1.29 is 42.6 Å². The average molecular weight is 725 g/mol. The van der Waals surface area contributed by atoms with Crippen LogP contribution in [0.3, 0.4) is 0 Å². The molecule has 0 N–H and O–H groups in total. The number of methoxy groups -OCH3 is 8. The third-order valence-corrected chi connectivity index (χ3v) is 10.8. The van der Waals surface area contributed by atoms with Crippen LogP contribution in [0.15, 0.2) is 42.5 Å². The molecule has 2 heterocycles. The average Bonchev–Trinajstić information content (AvgIpc) is 3.18. The highest BCUT2D eigenvalue weighted by Gasteiger charge is 2.32. The summed E-state index contributed by atoms with van der Waals surface area (Å²) >= 11 is 0. The summed E-state index contributed by atoms with van der Waals surface area (Å²) in [5.74, 6) is 5.97. The molecule has 11 heteroatoms. The molecule has 5 aromatic rings. The third-order valence-electron chi connectivity index (χ3n) is 10.8. The molecule has 5 aromatic carbocycles. The topological polar surface area (TPSA) is 89.6 Å². The van der Waals surface area contributed by atoms with E-state index < -0.39 is 0 Å². The zero-order chi connectivity index (χ0) is 37.6. The summed E-state index contributed by atoms with van der Waals surface area (Å²) in [6, 6.07) is 14.4. The van der Waals surface area contributed by atoms with Crippen molar-refractivity contribution in [1.29, 1.82) is 0 Å². The van der Waals surface area contributed by atoms with Gasteiger partial charge in [-0.25, -0.2) is 0 Å². The predicted molar refractivity (Wildman–Crippen MR) is 207 cm³/mol. The molecule has 0 spiro atoms. The Balaban J connectivity index is 1.41. The number of anilines is 1. The molecule has 0 fully saturated rings. The standard InChI is InChI=1S/C42H48N2O9/c1-43-15-13-23-19-32(46-4)33(47-5)21-27(23)29(43)17-24-11-12-31(45-3)40(50-8)38(24)53-35-20-25-18-30-36-26(14-16-44(30)2)39(49-7)42(52-10)41(51-9)37(36)28(25)22-34(35)48-6/h11-12,18-22,29H,13-17H2,1-10H3/t29-/m0/s1. The van der Waals surface area contributed by atoms with Crippen LogP contribution in [0.4, 0.5) is 5.69 Å². The van der Waals surface area contributed by atoms with E-state index in [-0.39, 0.29) is 6.04 Å². The summed E-state index contributed by atoms with van der Waals surface area (Å²) in [5, 5.41) is 3.87. The van der Waals surface area contributed by atoms with E-state index in [1.54, 1.807) is 56.9 Å². The second kappa shape index (κ2) is 14.5. The monoisotopic (exact) mass is 724 g/mol. The highest BCUT2D eigenvalue weighted by molar-refractivity contribution is 6.19. The first-order valence-electron chi connectivity index (χ1n) is 17.6. The van der Waals surface area contributed by atoms with Crippen molar-refractivity contribution in [2.75, 3.05) is 89.0 Å². The summed E-state index contributed by atoms with van der Waals surface area (Å²) < 4.78 is 54.1. The number of ether oxygens (including phenoxy) is 9. The van der Waals surface area contributed by atoms with Gasteiger partial charge < -0.3 is 47.5 Å². The van der Waals surface area contributed by atoms with Crippen LogP contribution >= 0.6 is 0 Å². The minimum atomic E-state index is 0.0288. The van der Waals surface area contributed by atoms with Gasteiger partial charge in [0.1, 0.15) is 0 Å². The normalized spacial score (nSPS) is 15.2. The van der Waals surface area contributed by atoms with Gasteiger partial charge in [-0.15, -0.1) is 0 Å². The number of fused-ring (bicyclic) bond motifs is 3. The number of likely N-dealkylation sites (N-methyl/N-ethyl adjacent to an activating group) is 2. The van der Waals surface area contributed by atoms with Crippen LogP contribution in [0.5, 0.6) is 57.5 Å². The number of nitrogens with zero attached hydrogens (tertiary/aromatic N) is 2. The zero-order valence-corrected chi connectivity index (χ0v) is 32.2. The van der Waals surface area contributed by atoms with E-state index in [4.69, 9.17) is 42.6 Å². The lowest BCUT2D eigenvalue weighted by molar-refractivity contribution is 0.226. The van der Waals surface area contributed by atoms with Gasteiger partial charge in [0, 0.05) is 53.8 Å². The largest absolute Gasteiger partial charge is 0.493 e. The van der Waals surface area contributed by atoms with Crippen molar-refractivity contribution in [3.05, 3.63) is 64.7 Å². The van der Waals surface area contributed by atoms with Gasteiger partial charge in [0.05, 0.1) is 56.9 Å². The predicted octanol–water partition coefficient (Wildman–Crippen LogP) is 7.62. The molecule has 0 amide bonds. The maximum atomic E-state index is 6.96. The maximum Gasteiger partial charge on any atom is 0.204 e. The summed E-state index contributed by atoms with van der Waals surface area (Å²) in [4.78, 5) is 4.63. The Morgan fingerprint density at radius 3 is 1.89 bits per heavy atom. The van der Waals surface area contributed by atoms with Crippen molar-refractivity contribution in [3.63, 3.8) is 0 Å². The summed E-state index contributed by atoms with van der Waals surface area (Å²) in [5.41, 5.74) is 5.52. The number of rotatable bonds is 12. The molecule has 53 heavy (non-hydrogen) atoms. The van der Waals surface area contributed by atoms with Crippen molar-refractivity contribution in [2.45, 2.75) is 25.3 Å². The van der Waals surface area contributed by atoms with Crippen LogP contribution in [-0.4, -0.2) is 89.0 Å². The van der Waals surface area contributed by atoms with Gasteiger partial charge in [0.2, 0.25) is 11.5 Å². The second-order valence-corrected chi connectivity index (χ2v) is 13.4. The van der Waals surface area contributed by atoms with Crippen LogP contribution in [0.2, 0.25) is 0 Å². The van der Waals surface area contributed by atoms with Crippen LogP contribution in [0.25, 0.3) is 21.5 Å². The summed E-state index contributed by atoms with van der Waals surface area (Å²) in [7, 11) is 17.5. The van der Waals surface area contributed by atoms with Gasteiger partial charge in [-0.2, -0.15) is 0 Å². The number of benzene rings is 5. The molecule has 7 rings (SSSR count). The van der Waals surface area contributed by atoms with Gasteiger partial charge in [-0.1, -0.05) is 6.07 Å². The smallest absolute Gasteiger partial charge is 0.204 e. The first-order valence-corrected chi connectivity index (χ1v) is 17.6. The highest BCUT2D eigenvalue weighted by atomic mass is 16.6. The fourth-order valence-corrected chi connectivity index (χ4v) is 8.13. The van der Waals surface area contributed by atoms with E-state index in [9.17, 15) is 0 Å². The van der Waals surface area contributed by atoms with Crippen LogP contribution in [-0.2, 0) is 19.3 Å². The quantitative estimate of drug-likeness (QED) is 0.119. The van der Waals surface area contributed by atoms with Gasteiger partial charge in [0.25, 0.3) is 0 Å². The number of hydrogen-bond donors (Lipinski definition) is 0. The molecule has 0 aliphatic carbocycles. The number of hydrogen-bond acceptors (Lipinski definition) is 11. The molecule has 11 nitrogen and oxygen atoms in total. The van der Waals surface area contributed by atoms with Gasteiger partial charge in [-0.3, -0.25) is 4.90 Å². The lowest BCUT2D eigenvalue weighted by Crippen LogP contribution is -2.33. The Morgan fingerprint density at radius 2 is 1.23 bits per heavy atom. The zero-order valence-electron chi connectivity index (χ0n) is 32.2.